The number of hydrogen-bond donors (Lipinski definition) is 1. The third-order valence-electron chi connectivity index (χ3n) is 5.78. The van der Waals surface area contributed by atoms with Gasteiger partial charge in [-0.15, -0.1) is 28.1 Å². The summed E-state index contributed by atoms with van der Waals surface area (Å²) in [5.41, 5.74) is 2.81. The van der Waals surface area contributed by atoms with Gasteiger partial charge < -0.3 is 14.6 Å². The molecule has 0 bridgehead atoms. The molecule has 0 saturated carbocycles. The van der Waals surface area contributed by atoms with Crippen molar-refractivity contribution < 1.29 is 14.3 Å². The number of esters is 1. The van der Waals surface area contributed by atoms with Crippen molar-refractivity contribution in [2.75, 3.05) is 18.2 Å². The van der Waals surface area contributed by atoms with Crippen molar-refractivity contribution in [3.8, 4) is 0 Å². The van der Waals surface area contributed by atoms with Gasteiger partial charge >= 0.3 is 5.97 Å². The molecule has 0 aliphatic heterocycles. The molecule has 1 aliphatic carbocycles. The molecule has 0 fully saturated rings. The third-order valence-corrected chi connectivity index (χ3v) is 8.67. The Morgan fingerprint density at radius 2 is 2.06 bits per heavy atom. The first kappa shape index (κ1) is 25.9. The zero-order valence-electron chi connectivity index (χ0n) is 19.5. The number of amides is 1. The van der Waals surface area contributed by atoms with Gasteiger partial charge in [-0.05, 0) is 71.5 Å². The van der Waals surface area contributed by atoms with Gasteiger partial charge in [0.25, 0.3) is 0 Å². The molecule has 10 heteroatoms. The van der Waals surface area contributed by atoms with Crippen molar-refractivity contribution in [1.82, 2.24) is 14.8 Å². The molecule has 2 heterocycles. The summed E-state index contributed by atoms with van der Waals surface area (Å²) in [6, 6.07) is 8.49. The summed E-state index contributed by atoms with van der Waals surface area (Å²) in [7, 11) is 1.37. The molecule has 3 aromatic rings. The second-order valence-electron chi connectivity index (χ2n) is 8.12. The zero-order valence-corrected chi connectivity index (χ0v) is 23.3. The van der Waals surface area contributed by atoms with E-state index in [1.54, 1.807) is 0 Å². The van der Waals surface area contributed by atoms with Gasteiger partial charge in [0.15, 0.2) is 5.16 Å². The zero-order chi connectivity index (χ0) is 24.8. The van der Waals surface area contributed by atoms with Crippen molar-refractivity contribution in [2.24, 2.45) is 0 Å². The summed E-state index contributed by atoms with van der Waals surface area (Å²) in [6.45, 7) is 4.48. The number of rotatable bonds is 11. The highest BCUT2D eigenvalue weighted by atomic mass is 127. The highest BCUT2D eigenvalue weighted by Gasteiger charge is 2.28. The summed E-state index contributed by atoms with van der Waals surface area (Å²) in [6.07, 6.45) is 6.63. The van der Waals surface area contributed by atoms with Crippen LogP contribution in [0, 0.1) is 3.57 Å². The summed E-state index contributed by atoms with van der Waals surface area (Å²) in [4.78, 5) is 26.1. The van der Waals surface area contributed by atoms with E-state index in [9.17, 15) is 9.59 Å². The molecule has 4 rings (SSSR count). The predicted molar refractivity (Wildman–Crippen MR) is 148 cm³/mol. The molecule has 0 unspecified atom stereocenters. The molecule has 1 aromatic carbocycles. The van der Waals surface area contributed by atoms with Crippen LogP contribution < -0.4 is 5.32 Å². The SMILES string of the molecule is C=CCn1c(CCc2ccc(I)cc2)nnc1SCCC(=O)Nc1sc2c(c1C(=O)OC)CCC2. The minimum Gasteiger partial charge on any atom is -0.465 e. The number of carbonyl (C=O) groups is 2. The number of carbonyl (C=O) groups excluding carboxylic acids is 2. The summed E-state index contributed by atoms with van der Waals surface area (Å²) < 4.78 is 8.23. The molecule has 7 nitrogen and oxygen atoms in total. The van der Waals surface area contributed by atoms with E-state index in [2.05, 4.69) is 73.5 Å². The molecular weight excluding hydrogens is 595 g/mol. The molecule has 1 amide bonds. The van der Waals surface area contributed by atoms with Crippen LogP contribution in [0.5, 0.6) is 0 Å². The number of benzene rings is 1. The average molecular weight is 623 g/mol. The van der Waals surface area contributed by atoms with E-state index in [0.29, 0.717) is 29.3 Å². The fourth-order valence-corrected chi connectivity index (χ4v) is 6.62. The number of methoxy groups -OCH3 is 1. The maximum atomic E-state index is 12.7. The van der Waals surface area contributed by atoms with E-state index in [1.807, 2.05) is 6.08 Å². The van der Waals surface area contributed by atoms with Gasteiger partial charge in [-0.25, -0.2) is 4.79 Å². The number of nitrogens with one attached hydrogen (secondary N) is 1. The fraction of sp³-hybridized carbons (Fsp3) is 0.360. The van der Waals surface area contributed by atoms with Crippen molar-refractivity contribution in [2.45, 2.75) is 50.2 Å². The molecule has 0 saturated heterocycles. The van der Waals surface area contributed by atoms with Gasteiger partial charge in [0, 0.05) is 33.6 Å². The maximum absolute atomic E-state index is 12.7. The van der Waals surface area contributed by atoms with Crippen LogP contribution in [-0.2, 0) is 41.8 Å². The number of nitrogens with zero attached hydrogens (tertiary/aromatic N) is 3. The normalized spacial score (nSPS) is 12.4. The largest absolute Gasteiger partial charge is 0.465 e. The standard InChI is InChI=1S/C25H27IN4O3S2/c1-3-14-30-20(12-9-16-7-10-17(26)11-8-16)28-29-25(30)34-15-13-21(31)27-23-22(24(32)33-2)18-5-4-6-19(18)35-23/h3,7-8,10-11H,1,4-6,9,12-15H2,2H3,(H,27,31). The third kappa shape index (κ3) is 6.34. The molecule has 1 N–H and O–H groups in total. The number of aromatic nitrogens is 3. The van der Waals surface area contributed by atoms with Crippen molar-refractivity contribution >= 4 is 62.6 Å². The number of fused-ring (bicyclic) bond motifs is 1. The molecule has 2 aromatic heterocycles. The first-order valence-corrected chi connectivity index (χ1v) is 14.3. The Kier molecular flexibility index (Phi) is 9.01. The van der Waals surface area contributed by atoms with Crippen LogP contribution >= 0.6 is 45.7 Å². The average Bonchev–Trinajstić information content (AvgIpc) is 3.54. The highest BCUT2D eigenvalue weighted by molar-refractivity contribution is 14.1. The molecule has 0 spiro atoms. The molecule has 184 valence electrons. The highest BCUT2D eigenvalue weighted by Crippen LogP contribution is 2.39. The summed E-state index contributed by atoms with van der Waals surface area (Å²) in [5.74, 6) is 0.948. The minimum atomic E-state index is -0.385. The Morgan fingerprint density at radius 1 is 1.26 bits per heavy atom. The van der Waals surface area contributed by atoms with Crippen molar-refractivity contribution in [1.29, 1.82) is 0 Å². The van der Waals surface area contributed by atoms with Gasteiger partial charge in [0.2, 0.25) is 5.91 Å². The fourth-order valence-electron chi connectivity index (χ4n) is 4.06. The molecule has 1 aliphatic rings. The quantitative estimate of drug-likeness (QED) is 0.135. The van der Waals surface area contributed by atoms with Gasteiger partial charge in [0.1, 0.15) is 10.8 Å². The Labute approximate surface area is 226 Å². The van der Waals surface area contributed by atoms with Crippen LogP contribution in [0.4, 0.5) is 5.00 Å². The second kappa shape index (κ2) is 12.2. The van der Waals surface area contributed by atoms with E-state index < -0.39 is 0 Å². The lowest BCUT2D eigenvalue weighted by molar-refractivity contribution is -0.115. The number of ether oxygens (including phenoxy) is 1. The van der Waals surface area contributed by atoms with E-state index in [1.165, 1.54) is 44.2 Å². The number of thioether (sulfide) groups is 1. The molecular formula is C25H27IN4O3S2. The molecule has 0 atom stereocenters. The number of halogens is 1. The maximum Gasteiger partial charge on any atom is 0.341 e. The summed E-state index contributed by atoms with van der Waals surface area (Å²) in [5, 5.41) is 13.1. The Hall–Kier alpha value is -2.18. The molecule has 35 heavy (non-hydrogen) atoms. The van der Waals surface area contributed by atoms with E-state index in [4.69, 9.17) is 4.74 Å². The lowest BCUT2D eigenvalue weighted by Crippen LogP contribution is -2.15. The first-order chi connectivity index (χ1) is 17.0. The topological polar surface area (TPSA) is 86.1 Å². The van der Waals surface area contributed by atoms with Crippen molar-refractivity contribution in [3.63, 3.8) is 0 Å². The van der Waals surface area contributed by atoms with Gasteiger partial charge in [0.05, 0.1) is 12.7 Å². The van der Waals surface area contributed by atoms with E-state index >= 15 is 0 Å². The minimum absolute atomic E-state index is 0.128. The monoisotopic (exact) mass is 622 g/mol. The van der Waals surface area contributed by atoms with Crippen LogP contribution in [0.15, 0.2) is 42.1 Å². The smallest absolute Gasteiger partial charge is 0.341 e. The van der Waals surface area contributed by atoms with E-state index in [0.717, 1.165) is 48.6 Å². The number of thiophene rings is 1. The second-order valence-corrected chi connectivity index (χ2v) is 11.5. The van der Waals surface area contributed by atoms with Gasteiger partial charge in [-0.3, -0.25) is 4.79 Å². The van der Waals surface area contributed by atoms with Crippen LogP contribution in [0.1, 0.15) is 45.0 Å². The summed E-state index contributed by atoms with van der Waals surface area (Å²) >= 11 is 5.29. The first-order valence-electron chi connectivity index (χ1n) is 11.4. The van der Waals surface area contributed by atoms with Gasteiger partial charge in [-0.1, -0.05) is 30.0 Å². The van der Waals surface area contributed by atoms with Gasteiger partial charge in [-0.2, -0.15) is 0 Å². The number of allylic oxidation sites excluding steroid dienone is 1. The Morgan fingerprint density at radius 3 is 2.80 bits per heavy atom. The predicted octanol–water partition coefficient (Wildman–Crippen LogP) is 5.31. The van der Waals surface area contributed by atoms with Crippen LogP contribution in [0.25, 0.3) is 0 Å². The Balaban J connectivity index is 1.34. The number of hydrogen-bond acceptors (Lipinski definition) is 7. The van der Waals surface area contributed by atoms with E-state index in [-0.39, 0.29) is 11.9 Å². The lowest BCUT2D eigenvalue weighted by Gasteiger charge is -2.09. The molecule has 0 radical (unpaired) electrons. The van der Waals surface area contributed by atoms with Crippen LogP contribution in [0.3, 0.4) is 0 Å². The lowest BCUT2D eigenvalue weighted by atomic mass is 10.1. The van der Waals surface area contributed by atoms with Crippen LogP contribution in [0.2, 0.25) is 0 Å². The number of anilines is 1. The van der Waals surface area contributed by atoms with Crippen molar-refractivity contribution in [3.05, 3.63) is 67.9 Å². The number of aryl methyl sites for hydroxylation is 3. The van der Waals surface area contributed by atoms with Crippen LogP contribution in [-0.4, -0.2) is 39.5 Å². The Bertz CT molecular complexity index is 1220.